The minimum Gasteiger partial charge on any atom is -0.375 e. The quantitative estimate of drug-likeness (QED) is 0.338. The van der Waals surface area contributed by atoms with E-state index in [4.69, 9.17) is 10.00 Å². The highest BCUT2D eigenvalue weighted by Gasteiger charge is 2.14. The molecule has 1 aliphatic rings. The van der Waals surface area contributed by atoms with Crippen molar-refractivity contribution in [2.24, 2.45) is 0 Å². The summed E-state index contributed by atoms with van der Waals surface area (Å²) in [5.74, 6) is 3.88. The van der Waals surface area contributed by atoms with Gasteiger partial charge in [0.2, 0.25) is 0 Å². The Morgan fingerprint density at radius 3 is 2.55 bits per heavy atom. The topological polar surface area (TPSA) is 70.4 Å². The number of para-hydroxylation sites is 1. The molecule has 0 N–H and O–H groups in total. The van der Waals surface area contributed by atoms with Gasteiger partial charge in [0.05, 0.1) is 12.7 Å². The zero-order valence-electron chi connectivity index (χ0n) is 16.5. The average molecular weight is 451 g/mol. The second-order valence-corrected chi connectivity index (χ2v) is 10.6. The fourth-order valence-electron chi connectivity index (χ4n) is 2.56. The minimum atomic E-state index is -3.52. The summed E-state index contributed by atoms with van der Waals surface area (Å²) in [6, 6.07) is 11.5. The van der Waals surface area contributed by atoms with Crippen LogP contribution in [0.25, 0.3) is 0 Å². The van der Waals surface area contributed by atoms with E-state index in [0.29, 0.717) is 13.2 Å². The Balaban J connectivity index is 2.00. The highest BCUT2D eigenvalue weighted by molar-refractivity contribution is 8.01. The monoisotopic (exact) mass is 450 g/mol. The van der Waals surface area contributed by atoms with E-state index in [-0.39, 0.29) is 11.0 Å². The van der Waals surface area contributed by atoms with Gasteiger partial charge in [0.15, 0.2) is 9.84 Å². The Morgan fingerprint density at radius 2 is 1.97 bits per heavy atom. The number of ether oxygens (including phenoxy) is 1. The lowest BCUT2D eigenvalue weighted by Gasteiger charge is -2.24. The van der Waals surface area contributed by atoms with Crippen molar-refractivity contribution < 1.29 is 13.2 Å². The van der Waals surface area contributed by atoms with Crippen LogP contribution in [0, 0.1) is 11.3 Å². The molecule has 0 atom stereocenters. The van der Waals surface area contributed by atoms with E-state index < -0.39 is 9.84 Å². The molecule has 1 aliphatic heterocycles. The third kappa shape index (κ3) is 8.70. The van der Waals surface area contributed by atoms with Crippen LogP contribution in [0.15, 0.2) is 65.7 Å². The van der Waals surface area contributed by atoms with E-state index in [2.05, 4.69) is 6.58 Å². The fraction of sp³-hybridized carbons (Fsp3) is 0.381. The highest BCUT2D eigenvalue weighted by atomic mass is 32.2. The zero-order chi connectivity index (χ0) is 21.1. The maximum atomic E-state index is 11.6. The number of sulfone groups is 1. The molecule has 5 nitrogen and oxygen atoms in total. The van der Waals surface area contributed by atoms with E-state index in [9.17, 15) is 8.42 Å². The molecule has 1 aromatic rings. The molecular formula is C21H26N2O3S3. The Labute approximate surface area is 182 Å². The Kier molecular flexibility index (Phi) is 9.88. The number of anilines is 1. The van der Waals surface area contributed by atoms with Crippen molar-refractivity contribution in [1.82, 2.24) is 0 Å². The van der Waals surface area contributed by atoms with Gasteiger partial charge in [-0.2, -0.15) is 28.8 Å². The van der Waals surface area contributed by atoms with Gasteiger partial charge in [0.1, 0.15) is 11.0 Å². The molecule has 1 aromatic carbocycles. The molecule has 0 amide bonds. The summed E-state index contributed by atoms with van der Waals surface area (Å²) < 4.78 is 29.2. The molecule has 0 spiro atoms. The van der Waals surface area contributed by atoms with Gasteiger partial charge in [-0.15, -0.1) is 0 Å². The zero-order valence-corrected chi connectivity index (χ0v) is 18.9. The Hall–Kier alpha value is -1.66. The number of hydrogen-bond acceptors (Lipinski definition) is 7. The van der Waals surface area contributed by atoms with Gasteiger partial charge in [0.25, 0.3) is 0 Å². The second-order valence-electron chi connectivity index (χ2n) is 6.56. The summed E-state index contributed by atoms with van der Waals surface area (Å²) in [6.07, 6.45) is 5.90. The lowest BCUT2D eigenvalue weighted by atomic mass is 10.3. The molecule has 0 radical (unpaired) electrons. The van der Waals surface area contributed by atoms with Gasteiger partial charge < -0.3 is 9.64 Å². The molecule has 0 unspecified atom stereocenters. The van der Waals surface area contributed by atoms with Gasteiger partial charge >= 0.3 is 0 Å². The van der Waals surface area contributed by atoms with Gasteiger partial charge in [-0.3, -0.25) is 0 Å². The van der Waals surface area contributed by atoms with E-state index in [1.807, 2.05) is 58.8 Å². The lowest BCUT2D eigenvalue weighted by Crippen LogP contribution is -2.27. The predicted molar refractivity (Wildman–Crippen MR) is 125 cm³/mol. The number of rotatable bonds is 8. The number of nitriles is 1. The van der Waals surface area contributed by atoms with Crippen molar-refractivity contribution in [3.8, 4) is 6.07 Å². The molecule has 0 saturated carbocycles. The summed E-state index contributed by atoms with van der Waals surface area (Å²) in [5, 5.41) is 9.01. The van der Waals surface area contributed by atoms with E-state index in [1.54, 1.807) is 18.3 Å². The second kappa shape index (κ2) is 12.1. The number of nitrogens with zero attached hydrogens (tertiary/aromatic N) is 2. The molecule has 1 saturated heterocycles. The van der Waals surface area contributed by atoms with Gasteiger partial charge in [-0.25, -0.2) is 8.42 Å². The number of allylic oxidation sites excluding steroid dienone is 3. The molecule has 0 aromatic heterocycles. The first-order valence-corrected chi connectivity index (χ1v) is 13.3. The Morgan fingerprint density at radius 1 is 1.31 bits per heavy atom. The molecule has 2 rings (SSSR count). The average Bonchev–Trinajstić information content (AvgIpc) is 2.67. The van der Waals surface area contributed by atoms with Crippen molar-refractivity contribution in [2.45, 2.75) is 6.10 Å². The predicted octanol–water partition coefficient (Wildman–Crippen LogP) is 3.88. The maximum absolute atomic E-state index is 11.6. The van der Waals surface area contributed by atoms with Crippen LogP contribution in [0.4, 0.5) is 5.69 Å². The van der Waals surface area contributed by atoms with E-state index in [0.717, 1.165) is 35.0 Å². The smallest absolute Gasteiger partial charge is 0.185 e. The van der Waals surface area contributed by atoms with Crippen LogP contribution < -0.4 is 4.90 Å². The lowest BCUT2D eigenvalue weighted by molar-refractivity contribution is 0.0913. The molecular weight excluding hydrogens is 424 g/mol. The number of benzene rings is 1. The minimum absolute atomic E-state index is 0.204. The van der Waals surface area contributed by atoms with Crippen molar-refractivity contribution in [1.29, 1.82) is 5.26 Å². The molecule has 1 heterocycles. The molecule has 1 fully saturated rings. The van der Waals surface area contributed by atoms with Crippen LogP contribution in [0.3, 0.4) is 0 Å². The van der Waals surface area contributed by atoms with Crippen molar-refractivity contribution in [2.75, 3.05) is 47.3 Å². The van der Waals surface area contributed by atoms with Gasteiger partial charge in [-0.1, -0.05) is 30.4 Å². The summed E-state index contributed by atoms with van der Waals surface area (Å²) in [6.45, 7) is 5.23. The first kappa shape index (κ1) is 23.6. The van der Waals surface area contributed by atoms with Crippen LogP contribution in [-0.4, -0.2) is 56.9 Å². The van der Waals surface area contributed by atoms with Crippen LogP contribution in [-0.2, 0) is 14.6 Å². The van der Waals surface area contributed by atoms with Crippen molar-refractivity contribution >= 4 is 39.0 Å². The standard InChI is InChI=1S/C21H26N2O3S3/c1-18-14-27-16-20(17-28-15-18)26-12-11-23(19-7-4-3-5-8-19)10-6-9-21(13-22)29(2,24)25/h3-10,20H,1,11-12,14-17H2,2H3. The normalized spacial score (nSPS) is 17.0. The SMILES string of the molecule is C=C1CSCC(OCCN(C=CC=C(C#N)S(C)(=O)=O)c2ccccc2)CSC1. The molecule has 0 aliphatic carbocycles. The first-order chi connectivity index (χ1) is 13.9. The maximum Gasteiger partial charge on any atom is 0.185 e. The van der Waals surface area contributed by atoms with Crippen LogP contribution >= 0.6 is 23.5 Å². The summed E-state index contributed by atoms with van der Waals surface area (Å²) >= 11 is 3.72. The van der Waals surface area contributed by atoms with Crippen molar-refractivity contribution in [3.63, 3.8) is 0 Å². The molecule has 8 heteroatoms. The molecule has 0 bridgehead atoms. The third-order valence-corrected chi connectivity index (χ3v) is 7.48. The first-order valence-electron chi connectivity index (χ1n) is 9.14. The van der Waals surface area contributed by atoms with Crippen LogP contribution in [0.1, 0.15) is 0 Å². The summed E-state index contributed by atoms with van der Waals surface area (Å²) in [7, 11) is -3.52. The van der Waals surface area contributed by atoms with E-state index >= 15 is 0 Å². The highest BCUT2D eigenvalue weighted by Crippen LogP contribution is 2.21. The number of hydrogen-bond donors (Lipinski definition) is 0. The Bertz CT molecular complexity index is 862. The summed E-state index contributed by atoms with van der Waals surface area (Å²) in [4.78, 5) is 1.72. The van der Waals surface area contributed by atoms with Gasteiger partial charge in [0, 0.05) is 47.7 Å². The summed E-state index contributed by atoms with van der Waals surface area (Å²) in [5.41, 5.74) is 2.24. The van der Waals surface area contributed by atoms with Crippen LogP contribution in [0.5, 0.6) is 0 Å². The third-order valence-electron chi connectivity index (χ3n) is 4.02. The molecule has 156 valence electrons. The number of thioether (sulfide) groups is 2. The fourth-order valence-corrected chi connectivity index (χ4v) is 5.30. The van der Waals surface area contributed by atoms with Crippen molar-refractivity contribution in [3.05, 3.63) is 65.7 Å². The molecule has 29 heavy (non-hydrogen) atoms. The van der Waals surface area contributed by atoms with E-state index in [1.165, 1.54) is 11.6 Å². The van der Waals surface area contributed by atoms with Crippen LogP contribution in [0.2, 0.25) is 0 Å². The largest absolute Gasteiger partial charge is 0.375 e. The van der Waals surface area contributed by atoms with Gasteiger partial charge in [-0.05, 0) is 24.3 Å².